The predicted molar refractivity (Wildman–Crippen MR) is 54.7 cm³/mol. The van der Waals surface area contributed by atoms with Gasteiger partial charge in [0.15, 0.2) is 0 Å². The molecule has 0 bridgehead atoms. The van der Waals surface area contributed by atoms with Crippen LogP contribution in [0.1, 0.15) is 38.3 Å². The van der Waals surface area contributed by atoms with Crippen LogP contribution in [-0.4, -0.2) is 0 Å². The SMILES string of the molecule is CCC(C)(C)c1cc(C(F)(F)F)ccc1F. The van der Waals surface area contributed by atoms with Gasteiger partial charge in [-0.2, -0.15) is 13.2 Å². The van der Waals surface area contributed by atoms with E-state index in [0.717, 1.165) is 18.2 Å². The predicted octanol–water partition coefficient (Wildman–Crippen LogP) is 4.53. The first kappa shape index (κ1) is 13.0. The quantitative estimate of drug-likeness (QED) is 0.659. The van der Waals surface area contributed by atoms with E-state index in [1.807, 2.05) is 6.92 Å². The van der Waals surface area contributed by atoms with Gasteiger partial charge >= 0.3 is 6.18 Å². The lowest BCUT2D eigenvalue weighted by molar-refractivity contribution is -0.137. The highest BCUT2D eigenvalue weighted by Crippen LogP contribution is 2.35. The molecule has 0 aliphatic rings. The maximum absolute atomic E-state index is 13.5. The van der Waals surface area contributed by atoms with Crippen molar-refractivity contribution in [1.82, 2.24) is 0 Å². The Hall–Kier alpha value is -1.06. The highest BCUT2D eigenvalue weighted by atomic mass is 19.4. The minimum atomic E-state index is -4.42. The number of benzene rings is 1. The summed E-state index contributed by atoms with van der Waals surface area (Å²) in [7, 11) is 0. The van der Waals surface area contributed by atoms with E-state index in [9.17, 15) is 17.6 Å². The van der Waals surface area contributed by atoms with Crippen molar-refractivity contribution in [2.45, 2.75) is 38.8 Å². The molecule has 1 rings (SSSR count). The molecule has 0 saturated carbocycles. The zero-order valence-electron chi connectivity index (χ0n) is 9.45. The summed E-state index contributed by atoms with van der Waals surface area (Å²) in [5, 5.41) is 0. The molecular formula is C12H14F4. The second-order valence-corrected chi connectivity index (χ2v) is 4.43. The molecule has 0 spiro atoms. The van der Waals surface area contributed by atoms with Crippen LogP contribution in [0.3, 0.4) is 0 Å². The normalized spacial score (nSPS) is 12.9. The van der Waals surface area contributed by atoms with Crippen LogP contribution in [0.2, 0.25) is 0 Å². The number of rotatable bonds is 2. The molecule has 0 heterocycles. The van der Waals surface area contributed by atoms with E-state index in [4.69, 9.17) is 0 Å². The first-order valence-electron chi connectivity index (χ1n) is 5.05. The highest BCUT2D eigenvalue weighted by molar-refractivity contribution is 5.32. The zero-order chi connectivity index (χ0) is 12.6. The summed E-state index contributed by atoms with van der Waals surface area (Å²) in [4.78, 5) is 0. The second kappa shape index (κ2) is 4.07. The van der Waals surface area contributed by atoms with Crippen molar-refractivity contribution >= 4 is 0 Å². The van der Waals surface area contributed by atoms with E-state index < -0.39 is 23.0 Å². The molecule has 16 heavy (non-hydrogen) atoms. The molecule has 0 radical (unpaired) electrons. The van der Waals surface area contributed by atoms with Gasteiger partial charge in [0.25, 0.3) is 0 Å². The smallest absolute Gasteiger partial charge is 0.207 e. The summed E-state index contributed by atoms with van der Waals surface area (Å²) in [5.74, 6) is -0.583. The van der Waals surface area contributed by atoms with Crippen LogP contribution in [0.15, 0.2) is 18.2 Å². The lowest BCUT2D eigenvalue weighted by Crippen LogP contribution is -2.19. The molecule has 1 aromatic carbocycles. The molecule has 0 aliphatic heterocycles. The highest BCUT2D eigenvalue weighted by Gasteiger charge is 2.33. The van der Waals surface area contributed by atoms with Crippen molar-refractivity contribution in [3.63, 3.8) is 0 Å². The number of halogens is 4. The fraction of sp³-hybridized carbons (Fsp3) is 0.500. The third kappa shape index (κ3) is 2.54. The Morgan fingerprint density at radius 3 is 2.12 bits per heavy atom. The Bertz CT molecular complexity index is 377. The van der Waals surface area contributed by atoms with E-state index in [1.54, 1.807) is 13.8 Å². The Kier molecular flexibility index (Phi) is 3.31. The maximum atomic E-state index is 13.5. The maximum Gasteiger partial charge on any atom is 0.416 e. The van der Waals surface area contributed by atoms with Gasteiger partial charge in [-0.25, -0.2) is 4.39 Å². The van der Waals surface area contributed by atoms with Crippen molar-refractivity contribution in [2.75, 3.05) is 0 Å². The average molecular weight is 234 g/mol. The van der Waals surface area contributed by atoms with E-state index in [0.29, 0.717) is 6.42 Å². The van der Waals surface area contributed by atoms with E-state index in [2.05, 4.69) is 0 Å². The first-order valence-corrected chi connectivity index (χ1v) is 5.05. The monoisotopic (exact) mass is 234 g/mol. The van der Waals surface area contributed by atoms with Gasteiger partial charge in [0, 0.05) is 0 Å². The van der Waals surface area contributed by atoms with Crippen LogP contribution in [-0.2, 0) is 11.6 Å². The molecule has 0 atom stereocenters. The molecule has 0 unspecified atom stereocenters. The Labute approximate surface area is 92.3 Å². The van der Waals surface area contributed by atoms with Gasteiger partial charge in [-0.05, 0) is 35.6 Å². The summed E-state index contributed by atoms with van der Waals surface area (Å²) in [6, 6.07) is 2.55. The number of hydrogen-bond donors (Lipinski definition) is 0. The fourth-order valence-electron chi connectivity index (χ4n) is 1.41. The molecule has 90 valence electrons. The van der Waals surface area contributed by atoms with Gasteiger partial charge in [0.2, 0.25) is 0 Å². The Morgan fingerprint density at radius 1 is 1.12 bits per heavy atom. The summed E-state index contributed by atoms with van der Waals surface area (Å²) >= 11 is 0. The van der Waals surface area contributed by atoms with Crippen LogP contribution in [0.5, 0.6) is 0 Å². The standard InChI is InChI=1S/C12H14F4/c1-4-11(2,3)9-7-8(12(14,15)16)5-6-10(9)13/h5-7H,4H2,1-3H3. The van der Waals surface area contributed by atoms with Crippen molar-refractivity contribution in [2.24, 2.45) is 0 Å². The molecular weight excluding hydrogens is 220 g/mol. The van der Waals surface area contributed by atoms with Gasteiger partial charge in [-0.1, -0.05) is 20.8 Å². The minimum Gasteiger partial charge on any atom is -0.207 e. The van der Waals surface area contributed by atoms with E-state index in [-0.39, 0.29) is 5.56 Å². The summed E-state index contributed by atoms with van der Waals surface area (Å²) in [6.45, 7) is 5.27. The molecule has 0 N–H and O–H groups in total. The van der Waals surface area contributed by atoms with Gasteiger partial charge in [-0.3, -0.25) is 0 Å². The van der Waals surface area contributed by atoms with Crippen molar-refractivity contribution in [3.05, 3.63) is 35.1 Å². The second-order valence-electron chi connectivity index (χ2n) is 4.43. The zero-order valence-corrected chi connectivity index (χ0v) is 9.45. The third-order valence-electron chi connectivity index (χ3n) is 2.91. The van der Waals surface area contributed by atoms with Crippen LogP contribution in [0.25, 0.3) is 0 Å². The molecule has 4 heteroatoms. The topological polar surface area (TPSA) is 0 Å². The molecule has 0 amide bonds. The average Bonchev–Trinajstić information content (AvgIpc) is 2.16. The van der Waals surface area contributed by atoms with Crippen LogP contribution in [0.4, 0.5) is 17.6 Å². The van der Waals surface area contributed by atoms with Gasteiger partial charge < -0.3 is 0 Å². The molecule has 1 aromatic rings. The van der Waals surface area contributed by atoms with Gasteiger partial charge in [0.05, 0.1) is 5.56 Å². The molecule has 0 saturated heterocycles. The summed E-state index contributed by atoms with van der Waals surface area (Å²) in [5.41, 5.74) is -1.28. The third-order valence-corrected chi connectivity index (χ3v) is 2.91. The lowest BCUT2D eigenvalue weighted by atomic mass is 9.81. The molecule has 0 fully saturated rings. The molecule has 0 aromatic heterocycles. The first-order chi connectivity index (χ1) is 7.18. The van der Waals surface area contributed by atoms with Crippen molar-refractivity contribution in [3.8, 4) is 0 Å². The molecule has 0 aliphatic carbocycles. The Morgan fingerprint density at radius 2 is 1.69 bits per heavy atom. The van der Waals surface area contributed by atoms with Gasteiger partial charge in [-0.15, -0.1) is 0 Å². The van der Waals surface area contributed by atoms with E-state index in [1.165, 1.54) is 0 Å². The Balaban J connectivity index is 3.30. The number of alkyl halides is 3. The van der Waals surface area contributed by atoms with E-state index >= 15 is 0 Å². The summed E-state index contributed by atoms with van der Waals surface area (Å²) in [6.07, 6.45) is -3.85. The van der Waals surface area contributed by atoms with Gasteiger partial charge in [0.1, 0.15) is 5.82 Å². The minimum absolute atomic E-state index is 0.116. The van der Waals surface area contributed by atoms with Crippen LogP contribution in [0, 0.1) is 5.82 Å². The molecule has 0 nitrogen and oxygen atoms in total. The van der Waals surface area contributed by atoms with Crippen LogP contribution >= 0.6 is 0 Å². The lowest BCUT2D eigenvalue weighted by Gasteiger charge is -2.24. The largest absolute Gasteiger partial charge is 0.416 e. The number of hydrogen-bond acceptors (Lipinski definition) is 0. The van der Waals surface area contributed by atoms with Crippen LogP contribution < -0.4 is 0 Å². The van der Waals surface area contributed by atoms with Crippen molar-refractivity contribution < 1.29 is 17.6 Å². The summed E-state index contributed by atoms with van der Waals surface area (Å²) < 4.78 is 50.9. The van der Waals surface area contributed by atoms with Crippen molar-refractivity contribution in [1.29, 1.82) is 0 Å². The fourth-order valence-corrected chi connectivity index (χ4v) is 1.41.